The van der Waals surface area contributed by atoms with Crippen LogP contribution in [0.5, 0.6) is 11.5 Å². The largest absolute Gasteiger partial charge is 0.423 e. The summed E-state index contributed by atoms with van der Waals surface area (Å²) < 4.78 is 9.66. The molecule has 0 fully saturated rings. The van der Waals surface area contributed by atoms with E-state index in [9.17, 15) is 9.59 Å². The van der Waals surface area contributed by atoms with Crippen molar-refractivity contribution >= 4 is 35.1 Å². The Morgan fingerprint density at radius 3 is 1.25 bits per heavy atom. The van der Waals surface area contributed by atoms with Crippen LogP contribution < -0.4 is 9.47 Å². The van der Waals surface area contributed by atoms with E-state index in [0.717, 1.165) is 0 Å². The summed E-state index contributed by atoms with van der Waals surface area (Å²) in [5.41, 5.74) is 0. The van der Waals surface area contributed by atoms with E-state index in [1.807, 2.05) is 0 Å². The van der Waals surface area contributed by atoms with Gasteiger partial charge in [-0.05, 0) is 48.5 Å². The lowest BCUT2D eigenvalue weighted by molar-refractivity contribution is -0.156. The van der Waals surface area contributed by atoms with Crippen molar-refractivity contribution in [1.82, 2.24) is 0 Å². The van der Waals surface area contributed by atoms with Crippen LogP contribution >= 0.6 is 23.2 Å². The fraction of sp³-hybridized carbons (Fsp3) is 0. The lowest BCUT2D eigenvalue weighted by Gasteiger charge is -2.05. The van der Waals surface area contributed by atoms with Gasteiger partial charge < -0.3 is 9.47 Å². The summed E-state index contributed by atoms with van der Waals surface area (Å²) in [4.78, 5) is 23.0. The van der Waals surface area contributed by atoms with Crippen LogP contribution in [0.2, 0.25) is 10.0 Å². The quantitative estimate of drug-likeness (QED) is 0.484. The Bertz CT molecular complexity index is 563. The highest BCUT2D eigenvalue weighted by atomic mass is 35.5. The summed E-state index contributed by atoms with van der Waals surface area (Å²) in [6, 6.07) is 12.0. The zero-order chi connectivity index (χ0) is 14.5. The van der Waals surface area contributed by atoms with Gasteiger partial charge in [-0.1, -0.05) is 23.2 Å². The van der Waals surface area contributed by atoms with E-state index in [1.165, 1.54) is 48.5 Å². The fourth-order valence-electron chi connectivity index (χ4n) is 1.30. The van der Waals surface area contributed by atoms with Crippen molar-refractivity contribution in [3.05, 3.63) is 58.6 Å². The highest BCUT2D eigenvalue weighted by molar-refractivity contribution is 6.31. The molecule has 0 atom stereocenters. The molecule has 0 saturated carbocycles. The third-order valence-electron chi connectivity index (χ3n) is 2.22. The van der Waals surface area contributed by atoms with Crippen molar-refractivity contribution in [2.24, 2.45) is 0 Å². The minimum absolute atomic E-state index is 0.201. The predicted octanol–water partition coefficient (Wildman–Crippen LogP) is 3.50. The van der Waals surface area contributed by atoms with Crippen LogP contribution in [0.1, 0.15) is 0 Å². The molecule has 0 aliphatic carbocycles. The standard InChI is InChI=1S/C14H8Cl2O4/c15-9-1-5-11(6-2-9)19-13(17)14(18)20-12-7-3-10(16)4-8-12/h1-8H. The van der Waals surface area contributed by atoms with E-state index in [0.29, 0.717) is 10.0 Å². The molecular weight excluding hydrogens is 303 g/mol. The third-order valence-corrected chi connectivity index (χ3v) is 2.72. The van der Waals surface area contributed by atoms with Gasteiger partial charge in [-0.2, -0.15) is 0 Å². The SMILES string of the molecule is O=C(Oc1ccc(Cl)cc1)C(=O)Oc1ccc(Cl)cc1. The van der Waals surface area contributed by atoms with E-state index in [1.54, 1.807) is 0 Å². The first-order valence-corrected chi connectivity index (χ1v) is 6.25. The molecule has 4 nitrogen and oxygen atoms in total. The molecule has 0 aliphatic heterocycles. The first-order valence-electron chi connectivity index (χ1n) is 5.50. The van der Waals surface area contributed by atoms with Gasteiger partial charge in [0.2, 0.25) is 0 Å². The summed E-state index contributed by atoms with van der Waals surface area (Å²) in [6.07, 6.45) is 0. The van der Waals surface area contributed by atoms with Crippen LogP contribution in [-0.2, 0) is 9.59 Å². The van der Waals surface area contributed by atoms with Gasteiger partial charge in [-0.25, -0.2) is 9.59 Å². The second kappa shape index (κ2) is 6.41. The molecule has 0 aliphatic rings. The minimum atomic E-state index is -1.12. The van der Waals surface area contributed by atoms with E-state index in [-0.39, 0.29) is 11.5 Å². The number of halogens is 2. The summed E-state index contributed by atoms with van der Waals surface area (Å²) in [7, 11) is 0. The van der Waals surface area contributed by atoms with Gasteiger partial charge in [0.15, 0.2) is 0 Å². The van der Waals surface area contributed by atoms with Gasteiger partial charge in [0.25, 0.3) is 0 Å². The molecule has 2 aromatic carbocycles. The molecule has 20 heavy (non-hydrogen) atoms. The molecule has 2 rings (SSSR count). The molecule has 102 valence electrons. The number of benzene rings is 2. The second-order valence-corrected chi connectivity index (χ2v) is 4.56. The lowest BCUT2D eigenvalue weighted by atomic mass is 10.3. The Morgan fingerprint density at radius 1 is 0.650 bits per heavy atom. The number of hydrogen-bond acceptors (Lipinski definition) is 4. The van der Waals surface area contributed by atoms with Crippen molar-refractivity contribution < 1.29 is 19.1 Å². The summed E-state index contributed by atoms with van der Waals surface area (Å²) in [5.74, 6) is -1.84. The Labute approximate surface area is 124 Å². The molecule has 6 heteroatoms. The number of carbonyl (C=O) groups is 2. The van der Waals surface area contributed by atoms with Gasteiger partial charge >= 0.3 is 11.9 Å². The molecule has 0 saturated heterocycles. The number of hydrogen-bond donors (Lipinski definition) is 0. The maximum atomic E-state index is 11.5. The maximum absolute atomic E-state index is 11.5. The monoisotopic (exact) mass is 310 g/mol. The molecular formula is C14H8Cl2O4. The Hall–Kier alpha value is -2.04. The Balaban J connectivity index is 1.96. The first kappa shape index (κ1) is 14.4. The first-order chi connectivity index (χ1) is 9.54. The number of esters is 2. The van der Waals surface area contributed by atoms with E-state index < -0.39 is 11.9 Å². The van der Waals surface area contributed by atoms with Gasteiger partial charge in [0.05, 0.1) is 0 Å². The molecule has 0 bridgehead atoms. The van der Waals surface area contributed by atoms with E-state index in [4.69, 9.17) is 32.7 Å². The molecule has 0 aromatic heterocycles. The number of rotatable bonds is 2. The third kappa shape index (κ3) is 3.98. The van der Waals surface area contributed by atoms with Gasteiger partial charge in [-0.15, -0.1) is 0 Å². The van der Waals surface area contributed by atoms with Crippen molar-refractivity contribution in [2.45, 2.75) is 0 Å². The molecule has 0 heterocycles. The number of carbonyl (C=O) groups excluding carboxylic acids is 2. The maximum Gasteiger partial charge on any atom is 0.423 e. The average Bonchev–Trinajstić information content (AvgIpc) is 2.44. The van der Waals surface area contributed by atoms with Crippen LogP contribution in [-0.4, -0.2) is 11.9 Å². The number of ether oxygens (including phenoxy) is 2. The van der Waals surface area contributed by atoms with E-state index in [2.05, 4.69) is 0 Å². The Kier molecular flexibility index (Phi) is 4.61. The van der Waals surface area contributed by atoms with Crippen LogP contribution in [0, 0.1) is 0 Å². The van der Waals surface area contributed by atoms with Gasteiger partial charge in [0.1, 0.15) is 11.5 Å². The van der Waals surface area contributed by atoms with Gasteiger partial charge in [-0.3, -0.25) is 0 Å². The van der Waals surface area contributed by atoms with Gasteiger partial charge in [0, 0.05) is 10.0 Å². The topological polar surface area (TPSA) is 52.6 Å². The zero-order valence-corrected chi connectivity index (χ0v) is 11.5. The van der Waals surface area contributed by atoms with Crippen molar-refractivity contribution in [2.75, 3.05) is 0 Å². The molecule has 0 unspecified atom stereocenters. The van der Waals surface area contributed by atoms with Crippen LogP contribution in [0.3, 0.4) is 0 Å². The molecule has 0 spiro atoms. The molecule has 2 aromatic rings. The summed E-state index contributed by atoms with van der Waals surface area (Å²) in [6.45, 7) is 0. The average molecular weight is 311 g/mol. The predicted molar refractivity (Wildman–Crippen MR) is 74.2 cm³/mol. The van der Waals surface area contributed by atoms with Crippen molar-refractivity contribution in [3.63, 3.8) is 0 Å². The molecule has 0 amide bonds. The highest BCUT2D eigenvalue weighted by Gasteiger charge is 2.19. The molecule has 0 radical (unpaired) electrons. The second-order valence-electron chi connectivity index (χ2n) is 3.69. The summed E-state index contributed by atoms with van der Waals surface area (Å²) >= 11 is 11.4. The van der Waals surface area contributed by atoms with Crippen LogP contribution in [0.15, 0.2) is 48.5 Å². The lowest BCUT2D eigenvalue weighted by Crippen LogP contribution is -2.25. The van der Waals surface area contributed by atoms with Crippen molar-refractivity contribution in [3.8, 4) is 11.5 Å². The minimum Gasteiger partial charge on any atom is -0.418 e. The highest BCUT2D eigenvalue weighted by Crippen LogP contribution is 2.17. The van der Waals surface area contributed by atoms with Crippen molar-refractivity contribution in [1.29, 1.82) is 0 Å². The zero-order valence-electron chi connectivity index (χ0n) is 10.0. The van der Waals surface area contributed by atoms with Crippen LogP contribution in [0.4, 0.5) is 0 Å². The van der Waals surface area contributed by atoms with E-state index >= 15 is 0 Å². The fourth-order valence-corrected chi connectivity index (χ4v) is 1.55. The van der Waals surface area contributed by atoms with Crippen LogP contribution in [0.25, 0.3) is 0 Å². The Morgan fingerprint density at radius 2 is 0.950 bits per heavy atom. The molecule has 0 N–H and O–H groups in total. The summed E-state index contributed by atoms with van der Waals surface area (Å²) in [5, 5.41) is 0.988. The smallest absolute Gasteiger partial charge is 0.418 e. The normalized spacial score (nSPS) is 9.90.